The van der Waals surface area contributed by atoms with Gasteiger partial charge in [-0.05, 0) is 42.7 Å². The van der Waals surface area contributed by atoms with Crippen LogP contribution in [0.2, 0.25) is 0 Å². The van der Waals surface area contributed by atoms with Crippen molar-refractivity contribution in [2.45, 2.75) is 64.7 Å². The standard InChI is InChI=1S/C22H31O3P/c1-2-3-4-5-6-7-8-10-13-20-16-18-22(19-17-20)25-26(23)24-21-14-11-9-12-15-21/h9,11-12,14-19,26H,2-8,10,13H2,1H3. The molecule has 2 aromatic carbocycles. The SMILES string of the molecule is CCCCCCCCCCc1ccc(O[PH](=O)Oc2ccccc2)cc1. The number of para-hydroxylation sites is 1. The number of unbranched alkanes of at least 4 members (excludes halogenated alkanes) is 7. The van der Waals surface area contributed by atoms with E-state index in [1.165, 1.54) is 56.9 Å². The topological polar surface area (TPSA) is 35.5 Å². The van der Waals surface area contributed by atoms with Crippen LogP contribution in [0.1, 0.15) is 63.9 Å². The molecule has 0 aliphatic rings. The van der Waals surface area contributed by atoms with Crippen molar-refractivity contribution in [1.82, 2.24) is 0 Å². The van der Waals surface area contributed by atoms with E-state index in [0.29, 0.717) is 11.5 Å². The molecule has 0 bridgehead atoms. The summed E-state index contributed by atoms with van der Waals surface area (Å²) in [5.41, 5.74) is 1.30. The number of rotatable bonds is 13. The smallest absolute Gasteiger partial charge is 0.418 e. The molecule has 2 rings (SSSR count). The van der Waals surface area contributed by atoms with Crippen LogP contribution in [0.4, 0.5) is 0 Å². The lowest BCUT2D eigenvalue weighted by Gasteiger charge is -2.08. The van der Waals surface area contributed by atoms with Crippen LogP contribution in [-0.2, 0) is 11.0 Å². The Morgan fingerprint density at radius 2 is 1.23 bits per heavy atom. The fraction of sp³-hybridized carbons (Fsp3) is 0.455. The highest BCUT2D eigenvalue weighted by Gasteiger charge is 2.04. The van der Waals surface area contributed by atoms with Crippen LogP contribution < -0.4 is 9.05 Å². The van der Waals surface area contributed by atoms with Crippen LogP contribution >= 0.6 is 8.25 Å². The van der Waals surface area contributed by atoms with Crippen LogP contribution in [0.3, 0.4) is 0 Å². The van der Waals surface area contributed by atoms with E-state index in [2.05, 4.69) is 6.92 Å². The van der Waals surface area contributed by atoms with Gasteiger partial charge in [-0.3, -0.25) is 0 Å². The fourth-order valence-electron chi connectivity index (χ4n) is 2.89. The van der Waals surface area contributed by atoms with Crippen LogP contribution in [0.25, 0.3) is 0 Å². The molecule has 0 amide bonds. The maximum atomic E-state index is 11.9. The Kier molecular flexibility index (Phi) is 9.97. The van der Waals surface area contributed by atoms with Gasteiger partial charge in [0.15, 0.2) is 0 Å². The van der Waals surface area contributed by atoms with E-state index < -0.39 is 8.25 Å². The van der Waals surface area contributed by atoms with Gasteiger partial charge in [-0.1, -0.05) is 82.2 Å². The summed E-state index contributed by atoms with van der Waals surface area (Å²) in [5.74, 6) is 1.15. The molecule has 1 atom stereocenters. The summed E-state index contributed by atoms with van der Waals surface area (Å²) in [6, 6.07) is 16.9. The lowest BCUT2D eigenvalue weighted by atomic mass is 10.0. The molecule has 3 nitrogen and oxygen atoms in total. The molecule has 0 N–H and O–H groups in total. The minimum Gasteiger partial charge on any atom is -0.418 e. The first kappa shape index (κ1) is 20.6. The summed E-state index contributed by atoms with van der Waals surface area (Å²) in [6.07, 6.45) is 11.8. The van der Waals surface area contributed by atoms with Crippen molar-refractivity contribution >= 4 is 8.25 Å². The number of hydrogen-bond acceptors (Lipinski definition) is 3. The van der Waals surface area contributed by atoms with Crippen molar-refractivity contribution in [1.29, 1.82) is 0 Å². The minimum absolute atomic E-state index is 0.558. The van der Waals surface area contributed by atoms with Crippen molar-refractivity contribution in [2.75, 3.05) is 0 Å². The summed E-state index contributed by atoms with van der Waals surface area (Å²) in [6.45, 7) is 2.26. The van der Waals surface area contributed by atoms with Gasteiger partial charge < -0.3 is 9.05 Å². The second-order valence-corrected chi connectivity index (χ2v) is 7.54. The van der Waals surface area contributed by atoms with Gasteiger partial charge >= 0.3 is 8.25 Å². The number of benzene rings is 2. The average Bonchev–Trinajstić information content (AvgIpc) is 2.66. The van der Waals surface area contributed by atoms with Crippen molar-refractivity contribution in [2.24, 2.45) is 0 Å². The quantitative estimate of drug-likeness (QED) is 0.274. The number of aryl methyl sites for hydroxylation is 1. The summed E-state index contributed by atoms with van der Waals surface area (Å²) in [7, 11) is -2.59. The second-order valence-electron chi connectivity index (χ2n) is 6.64. The lowest BCUT2D eigenvalue weighted by molar-refractivity contribution is 0.415. The molecule has 0 spiro atoms. The summed E-state index contributed by atoms with van der Waals surface area (Å²) in [5, 5.41) is 0. The maximum absolute atomic E-state index is 11.9. The zero-order chi connectivity index (χ0) is 18.5. The molecule has 4 heteroatoms. The van der Waals surface area contributed by atoms with Gasteiger partial charge in [0.25, 0.3) is 0 Å². The van der Waals surface area contributed by atoms with Gasteiger partial charge in [0, 0.05) is 0 Å². The van der Waals surface area contributed by atoms with Crippen LogP contribution in [-0.4, -0.2) is 0 Å². The normalized spacial score (nSPS) is 11.9. The third-order valence-corrected chi connectivity index (χ3v) is 5.19. The summed E-state index contributed by atoms with van der Waals surface area (Å²) in [4.78, 5) is 0. The van der Waals surface area contributed by atoms with E-state index in [4.69, 9.17) is 9.05 Å². The highest BCUT2D eigenvalue weighted by atomic mass is 31.1. The Balaban J connectivity index is 1.62. The van der Waals surface area contributed by atoms with E-state index in [1.807, 2.05) is 42.5 Å². The first-order valence-electron chi connectivity index (χ1n) is 9.81. The molecule has 0 radical (unpaired) electrons. The Hall–Kier alpha value is -1.73. The van der Waals surface area contributed by atoms with Gasteiger partial charge in [-0.25, -0.2) is 4.57 Å². The molecule has 0 saturated carbocycles. The largest absolute Gasteiger partial charge is 0.418 e. The molecule has 142 valence electrons. The fourth-order valence-corrected chi connectivity index (χ4v) is 3.59. The molecule has 0 heterocycles. The van der Waals surface area contributed by atoms with E-state index in [9.17, 15) is 4.57 Å². The monoisotopic (exact) mass is 374 g/mol. The van der Waals surface area contributed by atoms with Crippen molar-refractivity contribution in [3.05, 3.63) is 60.2 Å². The van der Waals surface area contributed by atoms with E-state index >= 15 is 0 Å². The van der Waals surface area contributed by atoms with Gasteiger partial charge in [0.1, 0.15) is 11.5 Å². The predicted molar refractivity (Wildman–Crippen MR) is 109 cm³/mol. The van der Waals surface area contributed by atoms with Crippen molar-refractivity contribution in [3.8, 4) is 11.5 Å². The molecule has 0 fully saturated rings. The molecule has 1 unspecified atom stereocenters. The van der Waals surface area contributed by atoms with Gasteiger partial charge in [-0.2, -0.15) is 0 Å². The molecule has 0 aromatic heterocycles. The molecule has 26 heavy (non-hydrogen) atoms. The molecule has 2 aromatic rings. The Labute approximate surface area is 158 Å². The molecular formula is C22H31O3P. The van der Waals surface area contributed by atoms with Gasteiger partial charge in [-0.15, -0.1) is 0 Å². The van der Waals surface area contributed by atoms with Crippen LogP contribution in [0, 0.1) is 0 Å². The van der Waals surface area contributed by atoms with Crippen LogP contribution in [0.15, 0.2) is 54.6 Å². The van der Waals surface area contributed by atoms with E-state index in [1.54, 1.807) is 12.1 Å². The third kappa shape index (κ3) is 8.58. The average molecular weight is 374 g/mol. The zero-order valence-corrected chi connectivity index (χ0v) is 16.8. The highest BCUT2D eigenvalue weighted by molar-refractivity contribution is 7.34. The minimum atomic E-state index is -2.59. The Bertz CT molecular complexity index is 626. The van der Waals surface area contributed by atoms with E-state index in [0.717, 1.165) is 6.42 Å². The molecule has 0 aliphatic carbocycles. The number of hydrogen-bond donors (Lipinski definition) is 0. The summed E-state index contributed by atoms with van der Waals surface area (Å²) < 4.78 is 22.6. The summed E-state index contributed by atoms with van der Waals surface area (Å²) >= 11 is 0. The van der Waals surface area contributed by atoms with Crippen molar-refractivity contribution in [3.63, 3.8) is 0 Å². The highest BCUT2D eigenvalue weighted by Crippen LogP contribution is 2.30. The first-order valence-corrected chi connectivity index (χ1v) is 11.0. The van der Waals surface area contributed by atoms with Crippen LogP contribution in [0.5, 0.6) is 11.5 Å². The predicted octanol–water partition coefficient (Wildman–Crippen LogP) is 7.22. The maximum Gasteiger partial charge on any atom is 0.418 e. The molecule has 0 saturated heterocycles. The Morgan fingerprint density at radius 3 is 1.85 bits per heavy atom. The van der Waals surface area contributed by atoms with E-state index in [-0.39, 0.29) is 0 Å². The lowest BCUT2D eigenvalue weighted by Crippen LogP contribution is -1.90. The Morgan fingerprint density at radius 1 is 0.692 bits per heavy atom. The zero-order valence-electron chi connectivity index (χ0n) is 15.8. The molecular weight excluding hydrogens is 343 g/mol. The van der Waals surface area contributed by atoms with Gasteiger partial charge in [0.05, 0.1) is 0 Å². The molecule has 0 aliphatic heterocycles. The van der Waals surface area contributed by atoms with Crippen molar-refractivity contribution < 1.29 is 13.6 Å². The van der Waals surface area contributed by atoms with Gasteiger partial charge in [0.2, 0.25) is 0 Å². The second kappa shape index (κ2) is 12.6. The first-order chi connectivity index (χ1) is 12.8. The third-order valence-electron chi connectivity index (χ3n) is 4.39.